The second-order valence-electron chi connectivity index (χ2n) is 10.0. The largest absolute Gasteiger partial charge is 0.373 e. The first kappa shape index (κ1) is 25.8. The number of H-pyrrole nitrogens is 2. The molecular formula is C32H25N7O2S. The summed E-state index contributed by atoms with van der Waals surface area (Å²) < 4.78 is 0. The summed E-state index contributed by atoms with van der Waals surface area (Å²) in [5.74, 6) is 0.634. The number of ketones is 1. The van der Waals surface area contributed by atoms with Crippen LogP contribution in [0.3, 0.4) is 0 Å². The van der Waals surface area contributed by atoms with Crippen LogP contribution in [0.1, 0.15) is 22.2 Å². The van der Waals surface area contributed by atoms with Gasteiger partial charge in [0.15, 0.2) is 17.3 Å². The first-order valence-electron chi connectivity index (χ1n) is 13.4. The van der Waals surface area contributed by atoms with Gasteiger partial charge in [0.25, 0.3) is 0 Å². The van der Waals surface area contributed by atoms with Gasteiger partial charge < -0.3 is 15.4 Å². The first-order valence-corrected chi connectivity index (χ1v) is 14.2. The molecule has 1 atom stereocenters. The lowest BCUT2D eigenvalue weighted by Gasteiger charge is -2.15. The predicted octanol–water partition coefficient (Wildman–Crippen LogP) is 6.47. The van der Waals surface area contributed by atoms with E-state index in [1.165, 1.54) is 11.3 Å². The number of nitrogens with one attached hydrogen (secondary N) is 3. The maximum Gasteiger partial charge on any atom is 0.178 e. The molecule has 5 heterocycles. The number of aromatic amines is 2. The molecule has 7 aromatic rings. The number of aliphatic hydroxyl groups excluding tert-OH is 1. The summed E-state index contributed by atoms with van der Waals surface area (Å²) in [7, 11) is 0. The van der Waals surface area contributed by atoms with E-state index in [0.717, 1.165) is 49.2 Å². The molecule has 0 saturated carbocycles. The van der Waals surface area contributed by atoms with Crippen molar-refractivity contribution in [1.82, 2.24) is 30.1 Å². The van der Waals surface area contributed by atoms with Crippen LogP contribution in [0.2, 0.25) is 0 Å². The molecular weight excluding hydrogens is 546 g/mol. The number of aromatic nitrogens is 6. The van der Waals surface area contributed by atoms with Crippen molar-refractivity contribution in [3.05, 3.63) is 102 Å². The Hall–Kier alpha value is -5.19. The summed E-state index contributed by atoms with van der Waals surface area (Å²) in [6, 6.07) is 23.6. The van der Waals surface area contributed by atoms with Crippen LogP contribution in [0, 0.1) is 0 Å². The number of pyridine rings is 2. The van der Waals surface area contributed by atoms with Crippen molar-refractivity contribution in [2.45, 2.75) is 19.6 Å². The van der Waals surface area contributed by atoms with Gasteiger partial charge in [-0.15, -0.1) is 11.3 Å². The molecule has 4 N–H and O–H groups in total. The van der Waals surface area contributed by atoms with E-state index >= 15 is 0 Å². The minimum Gasteiger partial charge on any atom is -0.373 e. The standard InChI is InChI=1S/C32H25N7O2S/c1-18(40)26-9-10-27(42-26)23-11-12-34-31-29(23)36-32(37-31)30-24-15-20(7-8-25(24)38-39-30)21-14-22(17-33-16-21)35-28(41)13-19-5-3-2-4-6-19/h2-12,14-17,28,35,41H,13H2,1H3,(H,38,39)(H,34,36,37). The highest BCUT2D eigenvalue weighted by Gasteiger charge is 2.18. The minimum absolute atomic E-state index is 0.0422. The average Bonchev–Trinajstić information content (AvgIpc) is 3.75. The third-order valence-corrected chi connectivity index (χ3v) is 8.29. The van der Waals surface area contributed by atoms with Gasteiger partial charge in [-0.3, -0.25) is 14.9 Å². The first-order chi connectivity index (χ1) is 20.5. The highest BCUT2D eigenvalue weighted by atomic mass is 32.1. The Morgan fingerprint density at radius 3 is 2.74 bits per heavy atom. The van der Waals surface area contributed by atoms with Crippen molar-refractivity contribution in [2.75, 3.05) is 5.32 Å². The molecule has 0 aliphatic carbocycles. The summed E-state index contributed by atoms with van der Waals surface area (Å²) in [4.78, 5) is 30.6. The third kappa shape index (κ3) is 4.93. The highest BCUT2D eigenvalue weighted by Crippen LogP contribution is 2.35. The number of carbonyl (C=O) groups is 1. The summed E-state index contributed by atoms with van der Waals surface area (Å²) in [6.45, 7) is 1.57. The quantitative estimate of drug-likeness (QED) is 0.121. The predicted molar refractivity (Wildman–Crippen MR) is 165 cm³/mol. The van der Waals surface area contributed by atoms with Crippen molar-refractivity contribution in [3.63, 3.8) is 0 Å². The molecule has 1 unspecified atom stereocenters. The zero-order valence-corrected chi connectivity index (χ0v) is 23.3. The van der Waals surface area contributed by atoms with E-state index in [0.29, 0.717) is 28.5 Å². The number of carbonyl (C=O) groups excluding carboxylic acids is 1. The number of hydrogen-bond donors (Lipinski definition) is 4. The molecule has 0 saturated heterocycles. The zero-order chi connectivity index (χ0) is 28.6. The van der Waals surface area contributed by atoms with Gasteiger partial charge in [0.2, 0.25) is 0 Å². The van der Waals surface area contributed by atoms with Gasteiger partial charge in [0.1, 0.15) is 11.9 Å². The molecule has 0 aliphatic rings. The molecule has 2 aromatic carbocycles. The zero-order valence-electron chi connectivity index (χ0n) is 22.5. The van der Waals surface area contributed by atoms with Crippen LogP contribution < -0.4 is 5.32 Å². The Morgan fingerprint density at radius 1 is 1.02 bits per heavy atom. The number of nitrogens with zero attached hydrogens (tertiary/aromatic N) is 4. The van der Waals surface area contributed by atoms with Crippen LogP contribution >= 0.6 is 11.3 Å². The van der Waals surface area contributed by atoms with E-state index in [2.05, 4.69) is 36.5 Å². The molecule has 7 rings (SSSR count). The van der Waals surface area contributed by atoms with Gasteiger partial charge in [-0.25, -0.2) is 9.97 Å². The molecule has 5 aromatic heterocycles. The van der Waals surface area contributed by atoms with E-state index in [9.17, 15) is 9.90 Å². The van der Waals surface area contributed by atoms with E-state index in [1.807, 2.05) is 66.7 Å². The van der Waals surface area contributed by atoms with Gasteiger partial charge in [-0.2, -0.15) is 5.10 Å². The van der Waals surface area contributed by atoms with Crippen molar-refractivity contribution in [3.8, 4) is 33.1 Å². The normalized spacial score (nSPS) is 12.1. The van der Waals surface area contributed by atoms with Crippen LogP contribution in [-0.4, -0.2) is 47.3 Å². The summed E-state index contributed by atoms with van der Waals surface area (Å²) in [5.41, 5.74) is 7.45. The molecule has 0 radical (unpaired) electrons. The lowest BCUT2D eigenvalue weighted by molar-refractivity contribution is 0.102. The maximum atomic E-state index is 11.8. The van der Waals surface area contributed by atoms with Crippen LogP contribution in [0.25, 0.3) is 55.2 Å². The molecule has 206 valence electrons. The van der Waals surface area contributed by atoms with E-state index in [4.69, 9.17) is 4.98 Å². The number of fused-ring (bicyclic) bond motifs is 2. The van der Waals surface area contributed by atoms with Crippen LogP contribution in [0.4, 0.5) is 5.69 Å². The number of anilines is 1. The smallest absolute Gasteiger partial charge is 0.178 e. The van der Waals surface area contributed by atoms with Crippen molar-refractivity contribution >= 4 is 44.9 Å². The average molecular weight is 572 g/mol. The van der Waals surface area contributed by atoms with Gasteiger partial charge in [-0.05, 0) is 54.4 Å². The molecule has 42 heavy (non-hydrogen) atoms. The van der Waals surface area contributed by atoms with Crippen molar-refractivity contribution < 1.29 is 9.90 Å². The van der Waals surface area contributed by atoms with Gasteiger partial charge in [0.05, 0.1) is 27.8 Å². The number of rotatable bonds is 8. The van der Waals surface area contributed by atoms with Gasteiger partial charge >= 0.3 is 0 Å². The summed E-state index contributed by atoms with van der Waals surface area (Å²) in [5, 5.41) is 22.3. The third-order valence-electron chi connectivity index (χ3n) is 7.07. The Kier molecular flexibility index (Phi) is 6.54. The van der Waals surface area contributed by atoms with E-state index < -0.39 is 6.23 Å². The topological polar surface area (TPSA) is 132 Å². The van der Waals surface area contributed by atoms with Gasteiger partial charge in [0, 0.05) is 40.2 Å². The lowest BCUT2D eigenvalue weighted by atomic mass is 10.0. The number of Topliss-reactive ketones (excluding diaryl/α,β-unsaturated/α-hetero) is 1. The van der Waals surface area contributed by atoms with Crippen LogP contribution in [0.5, 0.6) is 0 Å². The number of hydrogen-bond acceptors (Lipinski definition) is 8. The number of aliphatic hydroxyl groups is 1. The summed E-state index contributed by atoms with van der Waals surface area (Å²) >= 11 is 1.45. The monoisotopic (exact) mass is 571 g/mol. The number of imidazole rings is 1. The number of benzene rings is 2. The SMILES string of the molecule is CC(=O)c1ccc(-c2ccnc3nc(-c4n[nH]c5ccc(-c6cncc(NC(O)Cc7ccccc7)c6)cc45)[nH]c23)s1. The highest BCUT2D eigenvalue weighted by molar-refractivity contribution is 7.17. The maximum absolute atomic E-state index is 11.8. The molecule has 0 amide bonds. The van der Waals surface area contributed by atoms with Crippen molar-refractivity contribution in [2.24, 2.45) is 0 Å². The lowest BCUT2D eigenvalue weighted by Crippen LogP contribution is -2.21. The second-order valence-corrected chi connectivity index (χ2v) is 11.1. The van der Waals surface area contributed by atoms with E-state index in [1.54, 1.807) is 25.5 Å². The fourth-order valence-corrected chi connectivity index (χ4v) is 5.96. The Morgan fingerprint density at radius 2 is 1.90 bits per heavy atom. The van der Waals surface area contributed by atoms with Crippen LogP contribution in [-0.2, 0) is 6.42 Å². The Labute approximate surface area is 244 Å². The summed E-state index contributed by atoms with van der Waals surface area (Å²) in [6.07, 6.45) is 4.95. The Bertz CT molecular complexity index is 2060. The fourth-order valence-electron chi connectivity index (χ4n) is 5.03. The fraction of sp³-hybridized carbons (Fsp3) is 0.0938. The molecule has 0 fully saturated rings. The van der Waals surface area contributed by atoms with E-state index in [-0.39, 0.29) is 5.78 Å². The second kappa shape index (κ2) is 10.7. The van der Waals surface area contributed by atoms with Gasteiger partial charge in [-0.1, -0.05) is 36.4 Å². The molecule has 0 aliphatic heterocycles. The van der Waals surface area contributed by atoms with Crippen LogP contribution in [0.15, 0.2) is 91.4 Å². The Balaban J connectivity index is 1.20. The minimum atomic E-state index is -0.748. The molecule has 0 bridgehead atoms. The molecule has 0 spiro atoms. The number of thiophene rings is 1. The van der Waals surface area contributed by atoms with Crippen molar-refractivity contribution in [1.29, 1.82) is 0 Å². The molecule has 10 heteroatoms. The molecule has 9 nitrogen and oxygen atoms in total.